The molecule has 3 heterocycles. The summed E-state index contributed by atoms with van der Waals surface area (Å²) in [4.78, 5) is 18.2. The Labute approximate surface area is 160 Å². The molecule has 0 fully saturated rings. The van der Waals surface area contributed by atoms with Gasteiger partial charge < -0.3 is 16.6 Å². The molecule has 4 rings (SSSR count). The molecule has 138 valence electrons. The third-order valence-electron chi connectivity index (χ3n) is 5.00. The number of aryl methyl sites for hydroxylation is 3. The number of phenolic OH excluding ortho intramolecular Hbond substituents is 1. The van der Waals surface area contributed by atoms with E-state index in [2.05, 4.69) is 6.07 Å². The van der Waals surface area contributed by atoms with Gasteiger partial charge >= 0.3 is 0 Å². The second kappa shape index (κ2) is 5.72. The van der Waals surface area contributed by atoms with Gasteiger partial charge in [0.2, 0.25) is 0 Å². The van der Waals surface area contributed by atoms with Crippen molar-refractivity contribution < 1.29 is 9.90 Å². The quantitative estimate of drug-likeness (QED) is 0.491. The molecular weight excluding hydrogens is 360 g/mol. The molecule has 0 aliphatic carbocycles. The first-order valence-electron chi connectivity index (χ1n) is 8.52. The Balaban J connectivity index is 2.30. The first-order valence-corrected chi connectivity index (χ1v) is 9.34. The Kier molecular flexibility index (Phi) is 3.68. The number of aromatic nitrogens is 2. The van der Waals surface area contributed by atoms with E-state index in [4.69, 9.17) is 16.5 Å². The van der Waals surface area contributed by atoms with Crippen LogP contribution in [0.25, 0.3) is 26.8 Å². The monoisotopic (exact) mass is 380 g/mol. The number of rotatable bonds is 2. The summed E-state index contributed by atoms with van der Waals surface area (Å²) in [5.74, 6) is -0.202. The van der Waals surface area contributed by atoms with Crippen LogP contribution in [0.4, 0.5) is 5.82 Å². The lowest BCUT2D eigenvalue weighted by Gasteiger charge is -2.15. The van der Waals surface area contributed by atoms with E-state index in [-0.39, 0.29) is 17.1 Å². The minimum absolute atomic E-state index is 0.155. The van der Waals surface area contributed by atoms with Crippen molar-refractivity contribution in [2.45, 2.75) is 27.7 Å². The number of benzene rings is 1. The largest absolute Gasteiger partial charge is 0.508 e. The van der Waals surface area contributed by atoms with Crippen LogP contribution in [0.2, 0.25) is 0 Å². The molecule has 1 aromatic carbocycles. The van der Waals surface area contributed by atoms with E-state index in [1.807, 2.05) is 33.8 Å². The highest BCUT2D eigenvalue weighted by atomic mass is 32.1. The zero-order valence-electron chi connectivity index (χ0n) is 15.5. The number of phenols is 1. The van der Waals surface area contributed by atoms with Crippen LogP contribution in [-0.4, -0.2) is 20.6 Å². The van der Waals surface area contributed by atoms with Crippen LogP contribution in [0.3, 0.4) is 0 Å². The van der Waals surface area contributed by atoms with Crippen LogP contribution >= 0.6 is 11.3 Å². The first kappa shape index (κ1) is 17.4. The maximum Gasteiger partial charge on any atom is 0.253 e. The van der Waals surface area contributed by atoms with Crippen molar-refractivity contribution in [2.24, 2.45) is 5.73 Å². The number of aromatic hydroxyl groups is 1. The Hall–Kier alpha value is -3.06. The number of amides is 1. The molecule has 5 N–H and O–H groups in total. The van der Waals surface area contributed by atoms with E-state index in [1.54, 1.807) is 22.0 Å². The fourth-order valence-corrected chi connectivity index (χ4v) is 4.84. The van der Waals surface area contributed by atoms with Crippen molar-refractivity contribution in [3.05, 3.63) is 45.5 Å². The average molecular weight is 380 g/mol. The van der Waals surface area contributed by atoms with Gasteiger partial charge in [0.05, 0.1) is 16.6 Å². The van der Waals surface area contributed by atoms with E-state index in [1.165, 1.54) is 0 Å². The molecule has 7 heteroatoms. The third-order valence-corrected chi connectivity index (χ3v) is 6.07. The van der Waals surface area contributed by atoms with Crippen LogP contribution in [0, 0.1) is 27.7 Å². The maximum atomic E-state index is 12.3. The molecule has 0 atom stereocenters. The van der Waals surface area contributed by atoms with Crippen LogP contribution in [-0.2, 0) is 0 Å². The van der Waals surface area contributed by atoms with Gasteiger partial charge in [0.15, 0.2) is 0 Å². The SMILES string of the molecule is Cc1cc2c(C)nc3c(c(C(N)=O)c(N)n3-c3c(C)ccc(O)c3C)c2s1. The molecule has 0 saturated heterocycles. The van der Waals surface area contributed by atoms with Crippen LogP contribution in [0.15, 0.2) is 18.2 Å². The van der Waals surface area contributed by atoms with Crippen molar-refractivity contribution in [3.63, 3.8) is 0 Å². The number of carbonyl (C=O) groups excluding carboxylic acids is 1. The first-order chi connectivity index (χ1) is 12.7. The predicted molar refractivity (Wildman–Crippen MR) is 110 cm³/mol. The number of nitrogen functional groups attached to an aromatic ring is 1. The van der Waals surface area contributed by atoms with Gasteiger partial charge in [-0.25, -0.2) is 4.98 Å². The van der Waals surface area contributed by atoms with Crippen molar-refractivity contribution in [3.8, 4) is 11.4 Å². The summed E-state index contributed by atoms with van der Waals surface area (Å²) in [5, 5.41) is 11.9. The molecule has 6 nitrogen and oxygen atoms in total. The number of carbonyl (C=O) groups is 1. The molecule has 0 aliphatic heterocycles. The molecular formula is C20H20N4O2S. The lowest BCUT2D eigenvalue weighted by molar-refractivity contribution is 0.100. The lowest BCUT2D eigenvalue weighted by Crippen LogP contribution is -2.14. The molecule has 0 unspecified atom stereocenters. The number of anilines is 1. The van der Waals surface area contributed by atoms with Crippen molar-refractivity contribution in [2.75, 3.05) is 5.73 Å². The summed E-state index contributed by atoms with van der Waals surface area (Å²) in [6.07, 6.45) is 0. The van der Waals surface area contributed by atoms with Gasteiger partial charge in [0.1, 0.15) is 17.2 Å². The number of fused-ring (bicyclic) bond motifs is 3. The van der Waals surface area contributed by atoms with Gasteiger partial charge in [-0.15, -0.1) is 11.3 Å². The van der Waals surface area contributed by atoms with E-state index in [9.17, 15) is 9.90 Å². The van der Waals surface area contributed by atoms with Crippen molar-refractivity contribution >= 4 is 44.2 Å². The summed E-state index contributed by atoms with van der Waals surface area (Å²) in [6.45, 7) is 7.70. The summed E-state index contributed by atoms with van der Waals surface area (Å²) < 4.78 is 2.69. The zero-order chi connectivity index (χ0) is 19.6. The van der Waals surface area contributed by atoms with Crippen LogP contribution < -0.4 is 11.5 Å². The number of nitrogens with zero attached hydrogens (tertiary/aromatic N) is 2. The normalized spacial score (nSPS) is 11.6. The number of thiophene rings is 1. The maximum absolute atomic E-state index is 12.3. The fraction of sp³-hybridized carbons (Fsp3) is 0.200. The standard InChI is InChI=1S/C20H20N4O2S/c1-8-5-6-13(25)10(3)16(8)24-18(21)15(19(22)26)14-17-12(7-9(2)27-17)11(4)23-20(14)24/h5-7,25H,21H2,1-4H3,(H2,22,26). The minimum atomic E-state index is -0.593. The number of hydrogen-bond acceptors (Lipinski definition) is 5. The Bertz CT molecular complexity index is 1270. The second-order valence-corrected chi connectivity index (χ2v) is 8.09. The van der Waals surface area contributed by atoms with Crippen molar-refractivity contribution in [1.82, 2.24) is 9.55 Å². The Morgan fingerprint density at radius 2 is 1.93 bits per heavy atom. The molecule has 1 amide bonds. The molecule has 27 heavy (non-hydrogen) atoms. The summed E-state index contributed by atoms with van der Waals surface area (Å²) in [7, 11) is 0. The number of hydrogen-bond donors (Lipinski definition) is 3. The summed E-state index contributed by atoms with van der Waals surface area (Å²) in [5.41, 5.74) is 16.1. The summed E-state index contributed by atoms with van der Waals surface area (Å²) in [6, 6.07) is 5.52. The smallest absolute Gasteiger partial charge is 0.253 e. The molecule has 0 aliphatic rings. The number of nitrogens with two attached hydrogens (primary N) is 2. The molecule has 0 spiro atoms. The zero-order valence-corrected chi connectivity index (χ0v) is 16.4. The third kappa shape index (κ3) is 2.31. The minimum Gasteiger partial charge on any atom is -0.508 e. The van der Waals surface area contributed by atoms with Gasteiger partial charge in [-0.05, 0) is 45.4 Å². The van der Waals surface area contributed by atoms with Gasteiger partial charge in [-0.1, -0.05) is 6.07 Å². The Morgan fingerprint density at radius 3 is 2.59 bits per heavy atom. The van der Waals surface area contributed by atoms with Gasteiger partial charge in [0, 0.05) is 26.2 Å². The average Bonchev–Trinajstić information content (AvgIpc) is 3.11. The molecule has 4 aromatic rings. The highest BCUT2D eigenvalue weighted by molar-refractivity contribution is 7.20. The second-order valence-electron chi connectivity index (χ2n) is 6.83. The fourth-order valence-electron chi connectivity index (χ4n) is 3.73. The van der Waals surface area contributed by atoms with Gasteiger partial charge in [-0.3, -0.25) is 9.36 Å². The number of primary amides is 1. The molecule has 3 aromatic heterocycles. The predicted octanol–water partition coefficient (Wildman–Crippen LogP) is 3.86. The highest BCUT2D eigenvalue weighted by Crippen LogP contribution is 2.41. The van der Waals surface area contributed by atoms with E-state index in [0.29, 0.717) is 22.3 Å². The van der Waals surface area contributed by atoms with Gasteiger partial charge in [0.25, 0.3) is 5.91 Å². The van der Waals surface area contributed by atoms with Crippen molar-refractivity contribution in [1.29, 1.82) is 0 Å². The van der Waals surface area contributed by atoms with Crippen LogP contribution in [0.5, 0.6) is 5.75 Å². The lowest BCUT2D eigenvalue weighted by atomic mass is 10.1. The van der Waals surface area contributed by atoms with Crippen LogP contribution in [0.1, 0.15) is 32.1 Å². The Morgan fingerprint density at radius 1 is 1.22 bits per heavy atom. The highest BCUT2D eigenvalue weighted by Gasteiger charge is 2.26. The molecule has 0 saturated carbocycles. The van der Waals surface area contributed by atoms with E-state index in [0.717, 1.165) is 26.2 Å². The summed E-state index contributed by atoms with van der Waals surface area (Å²) >= 11 is 1.59. The van der Waals surface area contributed by atoms with E-state index >= 15 is 0 Å². The number of pyridine rings is 1. The topological polar surface area (TPSA) is 107 Å². The van der Waals surface area contributed by atoms with E-state index < -0.39 is 5.91 Å². The molecule has 0 bridgehead atoms. The molecule has 0 radical (unpaired) electrons. The van der Waals surface area contributed by atoms with Gasteiger partial charge in [-0.2, -0.15) is 0 Å².